The van der Waals surface area contributed by atoms with Crippen LogP contribution >= 0.6 is 0 Å². The van der Waals surface area contributed by atoms with Crippen molar-refractivity contribution in [2.75, 3.05) is 0 Å². The molecule has 0 atom stereocenters. The van der Waals surface area contributed by atoms with E-state index < -0.39 is 0 Å². The van der Waals surface area contributed by atoms with Gasteiger partial charge in [-0.3, -0.25) is 0 Å². The second kappa shape index (κ2) is 7.15. The van der Waals surface area contributed by atoms with Crippen molar-refractivity contribution in [3.05, 3.63) is 59.4 Å². The summed E-state index contributed by atoms with van der Waals surface area (Å²) in [7, 11) is 0. The summed E-state index contributed by atoms with van der Waals surface area (Å²) >= 11 is 0. The normalized spacial score (nSPS) is 19.5. The van der Waals surface area contributed by atoms with E-state index in [2.05, 4.69) is 70.3 Å². The fraction of sp³-hybridized carbons (Fsp3) is 0.500. The predicted molar refractivity (Wildman–Crippen MR) is 109 cm³/mol. The highest BCUT2D eigenvalue weighted by Gasteiger charge is 2.38. The average Bonchev–Trinajstić information content (AvgIpc) is 2.53. The fourth-order valence-electron chi connectivity index (χ4n) is 4.73. The van der Waals surface area contributed by atoms with Crippen molar-refractivity contribution in [1.29, 1.82) is 0 Å². The van der Waals surface area contributed by atoms with Crippen LogP contribution in [-0.4, -0.2) is 11.1 Å². The van der Waals surface area contributed by atoms with Gasteiger partial charge < -0.3 is 5.32 Å². The fourth-order valence-corrected chi connectivity index (χ4v) is 4.73. The van der Waals surface area contributed by atoms with Crippen LogP contribution in [0.25, 0.3) is 11.1 Å². The van der Waals surface area contributed by atoms with Crippen molar-refractivity contribution < 1.29 is 4.39 Å². The highest BCUT2D eigenvalue weighted by molar-refractivity contribution is 5.64. The molecule has 0 spiro atoms. The Morgan fingerprint density at radius 1 is 0.923 bits per heavy atom. The van der Waals surface area contributed by atoms with Gasteiger partial charge in [-0.15, -0.1) is 0 Å². The molecule has 2 aromatic carbocycles. The molecule has 1 aliphatic rings. The molecular formula is C24H32FN. The van der Waals surface area contributed by atoms with E-state index in [9.17, 15) is 0 Å². The van der Waals surface area contributed by atoms with E-state index >= 15 is 4.39 Å². The van der Waals surface area contributed by atoms with Crippen molar-refractivity contribution in [2.24, 2.45) is 0 Å². The zero-order chi connectivity index (χ0) is 18.9. The van der Waals surface area contributed by atoms with E-state index in [4.69, 9.17) is 0 Å². The molecule has 1 saturated heterocycles. The van der Waals surface area contributed by atoms with Crippen molar-refractivity contribution in [1.82, 2.24) is 5.32 Å². The lowest BCUT2D eigenvalue weighted by Crippen LogP contribution is -2.57. The van der Waals surface area contributed by atoms with Gasteiger partial charge in [0.05, 0.1) is 0 Å². The Morgan fingerprint density at radius 3 is 2.04 bits per heavy atom. The van der Waals surface area contributed by atoms with Crippen LogP contribution in [0.2, 0.25) is 0 Å². The van der Waals surface area contributed by atoms with E-state index in [-0.39, 0.29) is 22.8 Å². The average molecular weight is 354 g/mol. The smallest absolute Gasteiger partial charge is 0.127 e. The Morgan fingerprint density at radius 2 is 1.50 bits per heavy atom. The Labute approximate surface area is 158 Å². The van der Waals surface area contributed by atoms with Gasteiger partial charge in [-0.1, -0.05) is 49.7 Å². The minimum absolute atomic E-state index is 0.0205. The zero-order valence-electron chi connectivity index (χ0n) is 16.8. The molecule has 1 N–H and O–H groups in total. The lowest BCUT2D eigenvalue weighted by atomic mass is 9.73. The molecule has 0 radical (unpaired) electrons. The molecule has 0 aliphatic carbocycles. The molecule has 0 amide bonds. The van der Waals surface area contributed by atoms with Crippen LogP contribution < -0.4 is 5.32 Å². The molecule has 1 nitrogen and oxygen atoms in total. The molecule has 26 heavy (non-hydrogen) atoms. The number of piperidine rings is 1. The van der Waals surface area contributed by atoms with Crippen LogP contribution in [0.1, 0.15) is 70.9 Å². The number of nitrogens with one attached hydrogen (secondary N) is 1. The Kier molecular flexibility index (Phi) is 5.25. The summed E-state index contributed by atoms with van der Waals surface area (Å²) in [6, 6.07) is 14.3. The summed E-state index contributed by atoms with van der Waals surface area (Å²) in [5, 5.41) is 3.68. The summed E-state index contributed by atoms with van der Waals surface area (Å²) in [6.07, 6.45) is 4.15. The van der Waals surface area contributed by atoms with E-state index in [0.29, 0.717) is 0 Å². The van der Waals surface area contributed by atoms with Gasteiger partial charge in [0, 0.05) is 11.1 Å². The van der Waals surface area contributed by atoms with Gasteiger partial charge in [0.1, 0.15) is 5.82 Å². The third-order valence-corrected chi connectivity index (χ3v) is 5.46. The number of hydrogen-bond donors (Lipinski definition) is 1. The van der Waals surface area contributed by atoms with Crippen molar-refractivity contribution in [3.63, 3.8) is 0 Å². The molecule has 1 fully saturated rings. The SMILES string of the molecule is CCCc1ccc(-c2ccc(C3CC(C)(C)NC(C)(C)C3)c(F)c2)cc1. The van der Waals surface area contributed by atoms with Crippen molar-refractivity contribution >= 4 is 0 Å². The largest absolute Gasteiger partial charge is 0.307 e. The minimum atomic E-state index is -0.0707. The Bertz CT molecular complexity index is 742. The standard InChI is InChI=1S/C24H32FN/c1-6-7-17-8-10-18(11-9-17)19-12-13-21(22(25)14-19)20-15-23(2,3)26-24(4,5)16-20/h8-14,20,26H,6-7,15-16H2,1-5H3. The lowest BCUT2D eigenvalue weighted by Gasteiger charge is -2.46. The Balaban J connectivity index is 1.85. The zero-order valence-corrected chi connectivity index (χ0v) is 16.8. The maximum atomic E-state index is 15.0. The minimum Gasteiger partial charge on any atom is -0.307 e. The first kappa shape index (κ1) is 19.1. The molecule has 2 aromatic rings. The number of halogens is 1. The lowest BCUT2D eigenvalue weighted by molar-refractivity contribution is 0.160. The van der Waals surface area contributed by atoms with Crippen LogP contribution in [0, 0.1) is 5.82 Å². The molecule has 2 heteroatoms. The van der Waals surface area contributed by atoms with Crippen molar-refractivity contribution in [2.45, 2.75) is 77.3 Å². The van der Waals surface area contributed by atoms with Gasteiger partial charge >= 0.3 is 0 Å². The number of rotatable bonds is 4. The molecule has 1 heterocycles. The summed E-state index contributed by atoms with van der Waals surface area (Å²) < 4.78 is 15.0. The van der Waals surface area contributed by atoms with Crippen LogP contribution in [0.15, 0.2) is 42.5 Å². The first-order chi connectivity index (χ1) is 12.2. The molecule has 0 aromatic heterocycles. The second-order valence-corrected chi connectivity index (χ2v) is 9.18. The van der Waals surface area contributed by atoms with Gasteiger partial charge in [0.15, 0.2) is 0 Å². The summed E-state index contributed by atoms with van der Waals surface area (Å²) in [6.45, 7) is 11.0. The van der Waals surface area contributed by atoms with Crippen molar-refractivity contribution in [3.8, 4) is 11.1 Å². The van der Waals surface area contributed by atoms with E-state index in [1.165, 1.54) is 5.56 Å². The molecular weight excluding hydrogens is 321 g/mol. The van der Waals surface area contributed by atoms with E-state index in [1.54, 1.807) is 6.07 Å². The highest BCUT2D eigenvalue weighted by atomic mass is 19.1. The van der Waals surface area contributed by atoms with E-state index in [1.807, 2.05) is 6.07 Å². The summed E-state index contributed by atoms with van der Waals surface area (Å²) in [5.74, 6) is 0.181. The molecule has 0 saturated carbocycles. The first-order valence-electron chi connectivity index (χ1n) is 9.87. The maximum absolute atomic E-state index is 15.0. The molecule has 0 unspecified atom stereocenters. The number of hydrogen-bond acceptors (Lipinski definition) is 1. The molecule has 1 aliphatic heterocycles. The van der Waals surface area contributed by atoms with Gasteiger partial charge in [-0.25, -0.2) is 4.39 Å². The van der Waals surface area contributed by atoms with Crippen LogP contribution in [0.3, 0.4) is 0 Å². The highest BCUT2D eigenvalue weighted by Crippen LogP contribution is 2.40. The maximum Gasteiger partial charge on any atom is 0.127 e. The molecule has 0 bridgehead atoms. The quantitative estimate of drug-likeness (QED) is 0.664. The predicted octanol–water partition coefficient (Wildman–Crippen LogP) is 6.47. The van der Waals surface area contributed by atoms with Crippen LogP contribution in [0.5, 0.6) is 0 Å². The first-order valence-corrected chi connectivity index (χ1v) is 9.87. The van der Waals surface area contributed by atoms with E-state index in [0.717, 1.165) is 42.4 Å². The summed E-state index contributed by atoms with van der Waals surface area (Å²) in [5.41, 5.74) is 4.29. The van der Waals surface area contributed by atoms with Gasteiger partial charge in [-0.05, 0) is 81.2 Å². The third kappa shape index (κ3) is 4.35. The number of benzene rings is 2. The van der Waals surface area contributed by atoms with Gasteiger partial charge in [0.25, 0.3) is 0 Å². The van der Waals surface area contributed by atoms with Crippen LogP contribution in [-0.2, 0) is 6.42 Å². The topological polar surface area (TPSA) is 12.0 Å². The summed E-state index contributed by atoms with van der Waals surface area (Å²) in [4.78, 5) is 0. The molecule has 140 valence electrons. The second-order valence-electron chi connectivity index (χ2n) is 9.18. The van der Waals surface area contributed by atoms with Crippen LogP contribution in [0.4, 0.5) is 4.39 Å². The number of aryl methyl sites for hydroxylation is 1. The monoisotopic (exact) mass is 353 g/mol. The third-order valence-electron chi connectivity index (χ3n) is 5.46. The van der Waals surface area contributed by atoms with Gasteiger partial charge in [0.2, 0.25) is 0 Å². The van der Waals surface area contributed by atoms with Gasteiger partial charge in [-0.2, -0.15) is 0 Å². The Hall–Kier alpha value is -1.67. The molecule has 3 rings (SSSR count).